The average molecular weight is 290 g/mol. The maximum Gasteiger partial charge on any atom is 0.321 e. The van der Waals surface area contributed by atoms with Gasteiger partial charge in [-0.1, -0.05) is 0 Å². The van der Waals surface area contributed by atoms with Crippen LogP contribution in [0, 0.1) is 11.6 Å². The molecular weight excluding hydrogens is 278 g/mol. The lowest BCUT2D eigenvalue weighted by Crippen LogP contribution is -2.33. The van der Waals surface area contributed by atoms with Crippen molar-refractivity contribution in [2.75, 3.05) is 16.8 Å². The lowest BCUT2D eigenvalue weighted by Gasteiger charge is -2.07. The number of carbonyl (C=O) groups is 2. The number of hydrogen-bond acceptors (Lipinski definition) is 4. The fourth-order valence-electron chi connectivity index (χ4n) is 1.13. The third kappa shape index (κ3) is 5.23. The maximum atomic E-state index is 13.2. The van der Waals surface area contributed by atoms with Crippen LogP contribution < -0.4 is 11.1 Å². The van der Waals surface area contributed by atoms with E-state index in [4.69, 9.17) is 10.8 Å². The Morgan fingerprint density at radius 2 is 2.11 bits per heavy atom. The standard InChI is InChI=1S/C11H12F2N2O3S/c12-6-1-2-9(7(13)3-6)15-10(16)5-19-4-8(14)11(17)18/h1-3,8H,4-5,14H2,(H,15,16)(H,17,18)/t8-/m0/s1. The third-order valence-corrected chi connectivity index (χ3v) is 3.11. The monoisotopic (exact) mass is 290 g/mol. The summed E-state index contributed by atoms with van der Waals surface area (Å²) < 4.78 is 25.8. The SMILES string of the molecule is N[C@@H](CSCC(=O)Nc1ccc(F)cc1F)C(=O)O. The predicted octanol–water partition coefficient (Wildman–Crippen LogP) is 1.05. The normalized spacial score (nSPS) is 11.9. The topological polar surface area (TPSA) is 92.4 Å². The fraction of sp³-hybridized carbons (Fsp3) is 0.273. The summed E-state index contributed by atoms with van der Waals surface area (Å²) in [5.74, 6) is -3.30. The molecule has 0 aromatic heterocycles. The second kappa shape index (κ2) is 7.05. The number of halogens is 2. The molecule has 1 amide bonds. The van der Waals surface area contributed by atoms with E-state index in [9.17, 15) is 18.4 Å². The number of benzene rings is 1. The molecule has 1 aromatic rings. The predicted molar refractivity (Wildman–Crippen MR) is 67.9 cm³/mol. The average Bonchev–Trinajstić information content (AvgIpc) is 2.32. The van der Waals surface area contributed by atoms with Gasteiger partial charge in [-0.3, -0.25) is 9.59 Å². The van der Waals surface area contributed by atoms with Crippen molar-refractivity contribution in [3.63, 3.8) is 0 Å². The number of nitrogens with two attached hydrogens (primary N) is 1. The number of aliphatic carboxylic acids is 1. The number of nitrogens with one attached hydrogen (secondary N) is 1. The molecule has 0 fully saturated rings. The van der Waals surface area contributed by atoms with Crippen LogP contribution in [-0.2, 0) is 9.59 Å². The van der Waals surface area contributed by atoms with Crippen molar-refractivity contribution in [3.05, 3.63) is 29.8 Å². The van der Waals surface area contributed by atoms with E-state index in [1.165, 1.54) is 0 Å². The first-order valence-corrected chi connectivity index (χ1v) is 6.36. The van der Waals surface area contributed by atoms with Crippen molar-refractivity contribution < 1.29 is 23.5 Å². The number of rotatable bonds is 6. The summed E-state index contributed by atoms with van der Waals surface area (Å²) in [4.78, 5) is 21.8. The molecular formula is C11H12F2N2O3S. The van der Waals surface area contributed by atoms with Gasteiger partial charge in [-0.05, 0) is 12.1 Å². The zero-order valence-electron chi connectivity index (χ0n) is 9.73. The second-order valence-electron chi connectivity index (χ2n) is 3.63. The van der Waals surface area contributed by atoms with Crippen LogP contribution in [0.2, 0.25) is 0 Å². The van der Waals surface area contributed by atoms with E-state index in [-0.39, 0.29) is 17.2 Å². The zero-order chi connectivity index (χ0) is 14.4. The largest absolute Gasteiger partial charge is 0.480 e. The van der Waals surface area contributed by atoms with Gasteiger partial charge in [-0.2, -0.15) is 0 Å². The van der Waals surface area contributed by atoms with E-state index in [1.54, 1.807) is 0 Å². The molecule has 104 valence electrons. The van der Waals surface area contributed by atoms with E-state index in [2.05, 4.69) is 5.32 Å². The first-order chi connectivity index (χ1) is 8.90. The van der Waals surface area contributed by atoms with Crippen molar-refractivity contribution in [2.45, 2.75) is 6.04 Å². The summed E-state index contributed by atoms with van der Waals surface area (Å²) in [5.41, 5.74) is 5.11. The molecule has 1 atom stereocenters. The molecule has 0 saturated heterocycles. The molecule has 0 bridgehead atoms. The number of carboxylic acid groups (broad SMARTS) is 1. The van der Waals surface area contributed by atoms with Gasteiger partial charge in [0, 0.05) is 11.8 Å². The Hall–Kier alpha value is -1.67. The summed E-state index contributed by atoms with van der Waals surface area (Å²) in [6.07, 6.45) is 0. The molecule has 19 heavy (non-hydrogen) atoms. The quantitative estimate of drug-likeness (QED) is 0.728. The highest BCUT2D eigenvalue weighted by Crippen LogP contribution is 2.15. The lowest BCUT2D eigenvalue weighted by molar-refractivity contribution is -0.137. The van der Waals surface area contributed by atoms with Gasteiger partial charge in [0.2, 0.25) is 5.91 Å². The first kappa shape index (κ1) is 15.4. The van der Waals surface area contributed by atoms with Crippen LogP contribution in [0.15, 0.2) is 18.2 Å². The Morgan fingerprint density at radius 3 is 2.68 bits per heavy atom. The molecule has 0 heterocycles. The van der Waals surface area contributed by atoms with Gasteiger partial charge in [-0.25, -0.2) is 8.78 Å². The summed E-state index contributed by atoms with van der Waals surface area (Å²) >= 11 is 1.01. The highest BCUT2D eigenvalue weighted by atomic mass is 32.2. The van der Waals surface area contributed by atoms with Crippen molar-refractivity contribution in [1.82, 2.24) is 0 Å². The van der Waals surface area contributed by atoms with Gasteiger partial charge >= 0.3 is 5.97 Å². The Bertz CT molecular complexity index is 485. The van der Waals surface area contributed by atoms with Crippen LogP contribution in [0.25, 0.3) is 0 Å². The number of carbonyl (C=O) groups excluding carboxylic acids is 1. The number of amides is 1. The number of thioether (sulfide) groups is 1. The molecule has 1 aromatic carbocycles. The van der Waals surface area contributed by atoms with Crippen LogP contribution >= 0.6 is 11.8 Å². The van der Waals surface area contributed by atoms with Crippen LogP contribution in [0.4, 0.5) is 14.5 Å². The molecule has 0 spiro atoms. The highest BCUT2D eigenvalue weighted by molar-refractivity contribution is 8.00. The smallest absolute Gasteiger partial charge is 0.321 e. The second-order valence-corrected chi connectivity index (χ2v) is 4.66. The molecule has 0 aliphatic carbocycles. The highest BCUT2D eigenvalue weighted by Gasteiger charge is 2.13. The van der Waals surface area contributed by atoms with Gasteiger partial charge in [0.1, 0.15) is 17.7 Å². The van der Waals surface area contributed by atoms with Crippen molar-refractivity contribution in [1.29, 1.82) is 0 Å². The molecule has 0 radical (unpaired) electrons. The minimum Gasteiger partial charge on any atom is -0.480 e. The summed E-state index contributed by atoms with van der Waals surface area (Å²) in [5, 5.41) is 10.8. The molecule has 0 aliphatic heterocycles. The maximum absolute atomic E-state index is 13.2. The number of hydrogen-bond donors (Lipinski definition) is 3. The van der Waals surface area contributed by atoms with E-state index in [0.717, 1.165) is 23.9 Å². The summed E-state index contributed by atoms with van der Waals surface area (Å²) in [7, 11) is 0. The zero-order valence-corrected chi connectivity index (χ0v) is 10.5. The van der Waals surface area contributed by atoms with E-state index in [0.29, 0.717) is 6.07 Å². The van der Waals surface area contributed by atoms with Crippen molar-refractivity contribution in [2.24, 2.45) is 5.73 Å². The Balaban J connectivity index is 2.41. The van der Waals surface area contributed by atoms with Crippen molar-refractivity contribution >= 4 is 29.3 Å². The van der Waals surface area contributed by atoms with Crippen LogP contribution in [0.5, 0.6) is 0 Å². The third-order valence-electron chi connectivity index (χ3n) is 2.05. The van der Waals surface area contributed by atoms with E-state index >= 15 is 0 Å². The molecule has 4 N–H and O–H groups in total. The van der Waals surface area contributed by atoms with Crippen LogP contribution in [0.1, 0.15) is 0 Å². The summed E-state index contributed by atoms with van der Waals surface area (Å²) in [6, 6.07) is 1.73. The molecule has 1 rings (SSSR count). The minimum absolute atomic E-state index is 0.0641. The van der Waals surface area contributed by atoms with Crippen LogP contribution in [-0.4, -0.2) is 34.5 Å². The van der Waals surface area contributed by atoms with E-state index < -0.39 is 29.6 Å². The van der Waals surface area contributed by atoms with Gasteiger partial charge in [-0.15, -0.1) is 11.8 Å². The molecule has 0 unspecified atom stereocenters. The number of anilines is 1. The van der Waals surface area contributed by atoms with Gasteiger partial charge in [0.05, 0.1) is 11.4 Å². The summed E-state index contributed by atoms with van der Waals surface area (Å²) in [6.45, 7) is 0. The van der Waals surface area contributed by atoms with Gasteiger partial charge in [0.25, 0.3) is 0 Å². The molecule has 5 nitrogen and oxygen atoms in total. The minimum atomic E-state index is -1.16. The first-order valence-electron chi connectivity index (χ1n) is 5.21. The molecule has 0 aliphatic rings. The van der Waals surface area contributed by atoms with Gasteiger partial charge < -0.3 is 16.2 Å². The Morgan fingerprint density at radius 1 is 1.42 bits per heavy atom. The van der Waals surface area contributed by atoms with E-state index in [1.807, 2.05) is 0 Å². The lowest BCUT2D eigenvalue weighted by atomic mass is 10.3. The number of carboxylic acids is 1. The molecule has 0 saturated carbocycles. The Kier molecular flexibility index (Phi) is 5.71. The Labute approximate surface area is 112 Å². The van der Waals surface area contributed by atoms with Gasteiger partial charge in [0.15, 0.2) is 0 Å². The van der Waals surface area contributed by atoms with Crippen LogP contribution in [0.3, 0.4) is 0 Å². The van der Waals surface area contributed by atoms with Crippen molar-refractivity contribution in [3.8, 4) is 0 Å². The molecule has 8 heteroatoms. The fourth-order valence-corrected chi connectivity index (χ4v) is 1.90.